The molecule has 1 aliphatic rings. The van der Waals surface area contributed by atoms with Crippen LogP contribution < -0.4 is 20.4 Å². The second-order valence-corrected chi connectivity index (χ2v) is 6.25. The second kappa shape index (κ2) is 8.74. The van der Waals surface area contributed by atoms with E-state index in [2.05, 4.69) is 25.6 Å². The highest BCUT2D eigenvalue weighted by molar-refractivity contribution is 5.89. The zero-order valence-electron chi connectivity index (χ0n) is 15.6. The summed E-state index contributed by atoms with van der Waals surface area (Å²) in [6.07, 6.45) is 0. The Morgan fingerprint density at radius 2 is 1.86 bits per heavy atom. The number of benzene rings is 1. The lowest BCUT2D eigenvalue weighted by Crippen LogP contribution is -2.38. The van der Waals surface area contributed by atoms with E-state index in [1.807, 2.05) is 4.90 Å². The molecule has 2 amide bonds. The molecule has 0 aliphatic carbocycles. The van der Waals surface area contributed by atoms with Gasteiger partial charge in [0.25, 0.3) is 0 Å². The van der Waals surface area contributed by atoms with Crippen molar-refractivity contribution in [2.75, 3.05) is 55.5 Å². The molecule has 1 aromatic carbocycles. The van der Waals surface area contributed by atoms with E-state index in [0.717, 1.165) is 12.1 Å². The van der Waals surface area contributed by atoms with Crippen LogP contribution >= 0.6 is 0 Å². The van der Waals surface area contributed by atoms with Gasteiger partial charge in [-0.05, 0) is 12.1 Å². The first-order valence-corrected chi connectivity index (χ1v) is 8.68. The summed E-state index contributed by atoms with van der Waals surface area (Å²) in [5.74, 6) is -0.475. The summed E-state index contributed by atoms with van der Waals surface area (Å²) in [5.41, 5.74) is -0.515. The van der Waals surface area contributed by atoms with Gasteiger partial charge in [-0.3, -0.25) is 0 Å². The smallest absolute Gasteiger partial charge is 0.319 e. The average molecular weight is 393 g/mol. The fourth-order valence-electron chi connectivity index (χ4n) is 2.51. The number of carbonyl (C=O) groups is 1. The first-order chi connectivity index (χ1) is 13.4. The van der Waals surface area contributed by atoms with Crippen LogP contribution in [-0.2, 0) is 11.3 Å². The number of morpholine rings is 1. The maximum atomic E-state index is 13.6. The number of aromatic nitrogens is 3. The van der Waals surface area contributed by atoms with Crippen LogP contribution in [-0.4, -0.2) is 61.4 Å². The van der Waals surface area contributed by atoms with Crippen LogP contribution in [0.15, 0.2) is 18.2 Å². The summed E-state index contributed by atoms with van der Waals surface area (Å²) in [6, 6.07) is 2.56. The van der Waals surface area contributed by atoms with Crippen molar-refractivity contribution in [3.05, 3.63) is 35.7 Å². The van der Waals surface area contributed by atoms with E-state index in [9.17, 15) is 13.6 Å². The molecule has 1 aliphatic heterocycles. The summed E-state index contributed by atoms with van der Waals surface area (Å²) < 4.78 is 32.6. The molecule has 0 atom stereocenters. The quantitative estimate of drug-likeness (QED) is 0.792. The molecular formula is C17H21F2N7O2. The fourth-order valence-corrected chi connectivity index (χ4v) is 2.51. The van der Waals surface area contributed by atoms with Crippen LogP contribution in [0.4, 0.5) is 31.2 Å². The van der Waals surface area contributed by atoms with Gasteiger partial charge in [-0.2, -0.15) is 15.0 Å². The van der Waals surface area contributed by atoms with Crippen LogP contribution in [0.2, 0.25) is 0 Å². The molecule has 0 radical (unpaired) electrons. The molecule has 1 aromatic heterocycles. The number of nitrogens with one attached hydrogen (secondary N) is 2. The number of urea groups is 1. The molecule has 1 fully saturated rings. The number of para-hydroxylation sites is 1. The summed E-state index contributed by atoms with van der Waals surface area (Å²) >= 11 is 0. The van der Waals surface area contributed by atoms with Gasteiger partial charge in [0.2, 0.25) is 11.9 Å². The largest absolute Gasteiger partial charge is 0.378 e. The molecule has 0 bridgehead atoms. The Morgan fingerprint density at radius 1 is 1.18 bits per heavy atom. The van der Waals surface area contributed by atoms with Gasteiger partial charge >= 0.3 is 6.03 Å². The number of carbonyl (C=O) groups excluding carboxylic acids is 1. The Morgan fingerprint density at radius 3 is 2.50 bits per heavy atom. The van der Waals surface area contributed by atoms with E-state index in [1.165, 1.54) is 6.07 Å². The van der Waals surface area contributed by atoms with Gasteiger partial charge in [0.05, 0.1) is 19.8 Å². The molecule has 0 unspecified atom stereocenters. The van der Waals surface area contributed by atoms with Crippen LogP contribution in [0.25, 0.3) is 0 Å². The van der Waals surface area contributed by atoms with Crippen molar-refractivity contribution < 1.29 is 18.3 Å². The van der Waals surface area contributed by atoms with Crippen LogP contribution in [0.3, 0.4) is 0 Å². The molecule has 3 rings (SSSR count). The lowest BCUT2D eigenvalue weighted by molar-refractivity contribution is 0.122. The third-order valence-corrected chi connectivity index (χ3v) is 3.96. The topological polar surface area (TPSA) is 95.5 Å². The molecular weight excluding hydrogens is 372 g/mol. The number of hydrogen-bond acceptors (Lipinski definition) is 7. The average Bonchev–Trinajstić information content (AvgIpc) is 2.70. The zero-order chi connectivity index (χ0) is 20.1. The van der Waals surface area contributed by atoms with Crippen molar-refractivity contribution in [3.63, 3.8) is 0 Å². The summed E-state index contributed by atoms with van der Waals surface area (Å²) in [5, 5.41) is 4.66. The number of nitrogens with zero attached hydrogens (tertiary/aromatic N) is 5. The number of ether oxygens (including phenoxy) is 1. The highest BCUT2D eigenvalue weighted by Gasteiger charge is 2.18. The molecule has 2 aromatic rings. The van der Waals surface area contributed by atoms with Crippen LogP contribution in [0, 0.1) is 11.6 Å². The number of hydrogen-bond donors (Lipinski definition) is 2. The normalized spacial score (nSPS) is 13.9. The maximum absolute atomic E-state index is 13.6. The molecule has 9 nitrogen and oxygen atoms in total. The Bertz CT molecular complexity index is 824. The van der Waals surface area contributed by atoms with Crippen molar-refractivity contribution in [1.82, 2.24) is 20.3 Å². The molecule has 1 saturated heterocycles. The van der Waals surface area contributed by atoms with E-state index in [1.54, 1.807) is 19.0 Å². The van der Waals surface area contributed by atoms with Gasteiger partial charge in [0, 0.05) is 27.2 Å². The molecule has 0 spiro atoms. The van der Waals surface area contributed by atoms with Gasteiger partial charge in [-0.15, -0.1) is 0 Å². The monoisotopic (exact) mass is 393 g/mol. The van der Waals surface area contributed by atoms with Crippen molar-refractivity contribution >= 4 is 23.6 Å². The fraction of sp³-hybridized carbons (Fsp3) is 0.412. The predicted molar refractivity (Wildman–Crippen MR) is 99.4 cm³/mol. The number of amides is 2. The summed E-state index contributed by atoms with van der Waals surface area (Å²) in [7, 11) is 3.59. The number of rotatable bonds is 5. The van der Waals surface area contributed by atoms with Crippen molar-refractivity contribution in [2.45, 2.75) is 6.54 Å². The third-order valence-electron chi connectivity index (χ3n) is 3.96. The minimum Gasteiger partial charge on any atom is -0.378 e. The van der Waals surface area contributed by atoms with Gasteiger partial charge < -0.3 is 25.2 Å². The van der Waals surface area contributed by atoms with Crippen molar-refractivity contribution in [3.8, 4) is 0 Å². The third kappa shape index (κ3) is 4.80. The van der Waals surface area contributed by atoms with Crippen molar-refractivity contribution in [1.29, 1.82) is 0 Å². The van der Waals surface area contributed by atoms with E-state index < -0.39 is 23.4 Å². The Kier molecular flexibility index (Phi) is 6.14. The van der Waals surface area contributed by atoms with Gasteiger partial charge in [0.1, 0.15) is 17.3 Å². The molecule has 2 N–H and O–H groups in total. The highest BCUT2D eigenvalue weighted by Crippen LogP contribution is 2.18. The highest BCUT2D eigenvalue weighted by atomic mass is 19.1. The van der Waals surface area contributed by atoms with E-state index in [0.29, 0.717) is 44.0 Å². The van der Waals surface area contributed by atoms with Gasteiger partial charge in [-0.25, -0.2) is 13.6 Å². The zero-order valence-corrected chi connectivity index (χ0v) is 15.6. The second-order valence-electron chi connectivity index (χ2n) is 6.25. The summed E-state index contributed by atoms with van der Waals surface area (Å²) in [4.78, 5) is 28.8. The maximum Gasteiger partial charge on any atom is 0.319 e. The standard InChI is InChI=1S/C17H21F2N7O2/c1-25(2)15-21-13(22-16(24-15)26-6-8-28-9-7-26)10-20-17(27)23-14-11(18)4-3-5-12(14)19/h3-5H,6-10H2,1-2H3,(H2,20,23,27). The van der Waals surface area contributed by atoms with Gasteiger partial charge in [-0.1, -0.05) is 6.07 Å². The minimum atomic E-state index is -0.861. The first kappa shape index (κ1) is 19.7. The lowest BCUT2D eigenvalue weighted by atomic mass is 10.3. The molecule has 11 heteroatoms. The van der Waals surface area contributed by atoms with Crippen molar-refractivity contribution in [2.24, 2.45) is 0 Å². The predicted octanol–water partition coefficient (Wildman–Crippen LogP) is 1.37. The number of halogens is 2. The molecule has 0 saturated carbocycles. The Hall–Kier alpha value is -3.08. The molecule has 28 heavy (non-hydrogen) atoms. The van der Waals surface area contributed by atoms with Crippen LogP contribution in [0.1, 0.15) is 5.82 Å². The number of anilines is 3. The molecule has 2 heterocycles. The lowest BCUT2D eigenvalue weighted by Gasteiger charge is -2.27. The van der Waals surface area contributed by atoms with E-state index in [4.69, 9.17) is 4.74 Å². The van der Waals surface area contributed by atoms with E-state index >= 15 is 0 Å². The minimum absolute atomic E-state index is 0.0391. The SMILES string of the molecule is CN(C)c1nc(CNC(=O)Nc2c(F)cccc2F)nc(N2CCOCC2)n1. The van der Waals surface area contributed by atoms with E-state index in [-0.39, 0.29) is 6.54 Å². The first-order valence-electron chi connectivity index (χ1n) is 8.68. The Labute approximate surface area is 160 Å². The van der Waals surface area contributed by atoms with Gasteiger partial charge in [0.15, 0.2) is 5.82 Å². The molecule has 150 valence electrons. The van der Waals surface area contributed by atoms with Crippen LogP contribution in [0.5, 0.6) is 0 Å². The summed E-state index contributed by atoms with van der Waals surface area (Å²) in [6.45, 7) is 2.41. The Balaban J connectivity index is 1.70.